The maximum atomic E-state index is 10.9. The van der Waals surface area contributed by atoms with Gasteiger partial charge in [0.05, 0.1) is 5.69 Å². The van der Waals surface area contributed by atoms with Crippen LogP contribution in [0, 0.1) is 6.92 Å². The Morgan fingerprint density at radius 3 is 2.22 bits per heavy atom. The predicted octanol–water partition coefficient (Wildman–Crippen LogP) is -0.457. The van der Waals surface area contributed by atoms with Gasteiger partial charge < -0.3 is 5.73 Å². The molecular weight excluding hydrogens is 234 g/mol. The molecule has 1 fully saturated rings. The molecule has 92 valence electrons. The summed E-state index contributed by atoms with van der Waals surface area (Å²) in [4.78, 5) is 29.5. The van der Waals surface area contributed by atoms with E-state index in [-0.39, 0.29) is 11.9 Å². The Morgan fingerprint density at radius 1 is 1.11 bits per heavy atom. The number of hydrogen-bond acceptors (Lipinski definition) is 3. The lowest BCUT2D eigenvalue weighted by Gasteiger charge is -1.98. The zero-order valence-electron chi connectivity index (χ0n) is 9.60. The number of nitrogens with one attached hydrogen (secondary N) is 2. The maximum absolute atomic E-state index is 10.9. The van der Waals surface area contributed by atoms with Gasteiger partial charge in [-0.1, -0.05) is 17.7 Å². The molecule has 1 aliphatic rings. The monoisotopic (exact) mass is 245 g/mol. The molecule has 18 heavy (non-hydrogen) atoms. The number of carbonyl (C=O) groups is 2. The Bertz CT molecular complexity index is 541. The van der Waals surface area contributed by atoms with Gasteiger partial charge in [0, 0.05) is 0 Å². The van der Waals surface area contributed by atoms with Gasteiger partial charge in [-0.15, -0.1) is 0 Å². The second kappa shape index (κ2) is 4.66. The summed E-state index contributed by atoms with van der Waals surface area (Å²) in [7, 11) is 0. The molecule has 0 saturated carbocycles. The first kappa shape index (κ1) is 11.8. The second-order valence-corrected chi connectivity index (χ2v) is 3.67. The summed E-state index contributed by atoms with van der Waals surface area (Å²) in [6.45, 7) is 1.96. The number of aryl methyl sites for hydroxylation is 1. The third-order valence-electron chi connectivity index (χ3n) is 2.17. The van der Waals surface area contributed by atoms with Crippen molar-refractivity contribution < 1.29 is 9.59 Å². The van der Waals surface area contributed by atoms with Crippen molar-refractivity contribution >= 4 is 29.4 Å². The van der Waals surface area contributed by atoms with Crippen LogP contribution in [0.2, 0.25) is 0 Å². The van der Waals surface area contributed by atoms with E-state index in [2.05, 4.69) is 20.6 Å². The van der Waals surface area contributed by atoms with E-state index in [4.69, 9.17) is 5.73 Å². The van der Waals surface area contributed by atoms with Crippen molar-refractivity contribution in [1.29, 1.82) is 0 Å². The Kier molecular flexibility index (Phi) is 3.05. The van der Waals surface area contributed by atoms with Crippen LogP contribution in [-0.2, 0) is 9.59 Å². The van der Waals surface area contributed by atoms with E-state index in [0.717, 1.165) is 5.56 Å². The average Bonchev–Trinajstić information content (AvgIpc) is 2.61. The summed E-state index contributed by atoms with van der Waals surface area (Å²) >= 11 is 0. The molecule has 7 heteroatoms. The fourth-order valence-electron chi connectivity index (χ4n) is 1.31. The molecule has 1 aliphatic heterocycles. The van der Waals surface area contributed by atoms with Crippen LogP contribution in [0.25, 0.3) is 0 Å². The Morgan fingerprint density at radius 2 is 1.67 bits per heavy atom. The van der Waals surface area contributed by atoms with E-state index in [0.29, 0.717) is 5.69 Å². The van der Waals surface area contributed by atoms with Gasteiger partial charge in [0.1, 0.15) is 0 Å². The number of rotatable bonds is 1. The standard InChI is InChI=1S/C11H11N5O2/c1-6-2-4-7(5-3-6)13-10(12)16-11-14-8(17)9(18)15-11/h2-5H,1H3,(H4,12,13,14,15,16,17,18). The number of amides is 2. The Hall–Kier alpha value is -2.70. The highest BCUT2D eigenvalue weighted by atomic mass is 16.2. The molecule has 2 rings (SSSR count). The molecule has 1 aromatic carbocycles. The molecule has 4 N–H and O–H groups in total. The van der Waals surface area contributed by atoms with Crippen molar-refractivity contribution in [2.45, 2.75) is 6.92 Å². The molecule has 0 unspecified atom stereocenters. The fourth-order valence-corrected chi connectivity index (χ4v) is 1.31. The fraction of sp³-hybridized carbons (Fsp3) is 0.0909. The van der Waals surface area contributed by atoms with Crippen LogP contribution >= 0.6 is 0 Å². The van der Waals surface area contributed by atoms with Gasteiger partial charge in [-0.05, 0) is 19.1 Å². The van der Waals surface area contributed by atoms with E-state index < -0.39 is 11.8 Å². The predicted molar refractivity (Wildman–Crippen MR) is 66.2 cm³/mol. The first-order valence-electron chi connectivity index (χ1n) is 5.16. The normalized spacial score (nSPS) is 15.4. The molecule has 7 nitrogen and oxygen atoms in total. The molecule has 0 bridgehead atoms. The third-order valence-corrected chi connectivity index (χ3v) is 2.17. The zero-order chi connectivity index (χ0) is 13.1. The number of nitrogens with zero attached hydrogens (tertiary/aromatic N) is 2. The molecule has 1 heterocycles. The van der Waals surface area contributed by atoms with Crippen LogP contribution in [0.4, 0.5) is 5.69 Å². The van der Waals surface area contributed by atoms with Crippen LogP contribution in [0.5, 0.6) is 0 Å². The number of carbonyl (C=O) groups excluding carboxylic acids is 2. The summed E-state index contributed by atoms with van der Waals surface area (Å²) in [6.07, 6.45) is 0. The van der Waals surface area contributed by atoms with E-state index in [9.17, 15) is 9.59 Å². The number of guanidine groups is 2. The first-order chi connectivity index (χ1) is 8.54. The van der Waals surface area contributed by atoms with E-state index in [1.54, 1.807) is 12.1 Å². The molecular formula is C11H11N5O2. The highest BCUT2D eigenvalue weighted by molar-refractivity contribution is 6.45. The van der Waals surface area contributed by atoms with Crippen molar-refractivity contribution in [3.63, 3.8) is 0 Å². The number of benzene rings is 1. The molecule has 0 spiro atoms. The van der Waals surface area contributed by atoms with Gasteiger partial charge in [0.25, 0.3) is 0 Å². The Balaban J connectivity index is 2.15. The number of nitrogens with two attached hydrogens (primary N) is 1. The van der Waals surface area contributed by atoms with Crippen LogP contribution in [0.15, 0.2) is 34.3 Å². The van der Waals surface area contributed by atoms with Gasteiger partial charge in [-0.3, -0.25) is 20.2 Å². The van der Waals surface area contributed by atoms with Crippen LogP contribution in [0.1, 0.15) is 5.56 Å². The largest absolute Gasteiger partial charge is 0.368 e. The lowest BCUT2D eigenvalue weighted by molar-refractivity contribution is -0.135. The maximum Gasteiger partial charge on any atom is 0.316 e. The summed E-state index contributed by atoms with van der Waals surface area (Å²) in [5, 5.41) is 4.44. The van der Waals surface area contributed by atoms with Crippen molar-refractivity contribution in [2.24, 2.45) is 15.7 Å². The quantitative estimate of drug-likeness (QED) is 0.354. The molecule has 0 aromatic heterocycles. The molecule has 1 aromatic rings. The minimum atomic E-state index is -0.767. The van der Waals surface area contributed by atoms with E-state index in [1.807, 2.05) is 19.1 Å². The minimum absolute atomic E-state index is 0.0154. The van der Waals surface area contributed by atoms with Crippen LogP contribution < -0.4 is 16.4 Å². The van der Waals surface area contributed by atoms with Gasteiger partial charge in [-0.25, -0.2) is 4.99 Å². The van der Waals surface area contributed by atoms with Gasteiger partial charge in [-0.2, -0.15) is 4.99 Å². The smallest absolute Gasteiger partial charge is 0.316 e. The van der Waals surface area contributed by atoms with Crippen LogP contribution in [0.3, 0.4) is 0 Å². The molecule has 1 saturated heterocycles. The summed E-state index contributed by atoms with van der Waals surface area (Å²) < 4.78 is 0. The molecule has 0 atom stereocenters. The molecule has 0 aliphatic carbocycles. The third kappa shape index (κ3) is 2.70. The highest BCUT2D eigenvalue weighted by Gasteiger charge is 2.25. The van der Waals surface area contributed by atoms with Crippen molar-refractivity contribution in [2.75, 3.05) is 0 Å². The van der Waals surface area contributed by atoms with Crippen LogP contribution in [-0.4, -0.2) is 23.7 Å². The SMILES string of the molecule is Cc1ccc(N=C(N)N=C2NC(=O)C(=O)N2)cc1. The second-order valence-electron chi connectivity index (χ2n) is 3.67. The molecule has 0 radical (unpaired) electrons. The minimum Gasteiger partial charge on any atom is -0.368 e. The van der Waals surface area contributed by atoms with Gasteiger partial charge in [0.15, 0.2) is 0 Å². The van der Waals surface area contributed by atoms with Crippen molar-refractivity contribution in [3.05, 3.63) is 29.8 Å². The first-order valence-corrected chi connectivity index (χ1v) is 5.16. The number of aliphatic imine (C=N–C) groups is 2. The topological polar surface area (TPSA) is 109 Å². The summed E-state index contributed by atoms with van der Waals surface area (Å²) in [6, 6.07) is 7.35. The molecule has 2 amide bonds. The van der Waals surface area contributed by atoms with Gasteiger partial charge in [0.2, 0.25) is 11.9 Å². The van der Waals surface area contributed by atoms with Gasteiger partial charge >= 0.3 is 11.8 Å². The lowest BCUT2D eigenvalue weighted by atomic mass is 10.2. The van der Waals surface area contributed by atoms with Crippen molar-refractivity contribution in [3.8, 4) is 0 Å². The lowest BCUT2D eigenvalue weighted by Crippen LogP contribution is -2.28. The van der Waals surface area contributed by atoms with E-state index >= 15 is 0 Å². The Labute approximate surface area is 103 Å². The van der Waals surface area contributed by atoms with Crippen molar-refractivity contribution in [1.82, 2.24) is 10.6 Å². The summed E-state index contributed by atoms with van der Waals surface area (Å²) in [5.41, 5.74) is 7.32. The highest BCUT2D eigenvalue weighted by Crippen LogP contribution is 2.12. The number of hydrogen-bond donors (Lipinski definition) is 3. The zero-order valence-corrected chi connectivity index (χ0v) is 9.60. The summed E-state index contributed by atoms with van der Waals surface area (Å²) in [5.74, 6) is -1.61. The van der Waals surface area contributed by atoms with E-state index in [1.165, 1.54) is 0 Å². The average molecular weight is 245 g/mol.